The first-order chi connectivity index (χ1) is 12.3. The van der Waals surface area contributed by atoms with Gasteiger partial charge in [-0.05, 0) is 24.8 Å². The number of amides is 2. The molecule has 1 aliphatic rings. The van der Waals surface area contributed by atoms with Crippen molar-refractivity contribution < 1.29 is 4.79 Å². The summed E-state index contributed by atoms with van der Waals surface area (Å²) in [5.74, 6) is 0. The molecule has 6 nitrogen and oxygen atoms in total. The average molecular weight is 353 g/mol. The van der Waals surface area contributed by atoms with Crippen molar-refractivity contribution in [3.8, 4) is 0 Å². The molecule has 0 radical (unpaired) electrons. The van der Waals surface area contributed by atoms with Crippen molar-refractivity contribution in [3.63, 3.8) is 0 Å². The summed E-state index contributed by atoms with van der Waals surface area (Å²) in [6.07, 6.45) is 6.53. The fourth-order valence-electron chi connectivity index (χ4n) is 3.24. The molecule has 0 bridgehead atoms. The lowest BCUT2D eigenvalue weighted by atomic mass is 9.93. The second-order valence-electron chi connectivity index (χ2n) is 6.07. The summed E-state index contributed by atoms with van der Waals surface area (Å²) < 4.78 is 2.05. The van der Waals surface area contributed by atoms with Gasteiger partial charge in [-0.15, -0.1) is 11.3 Å². The minimum absolute atomic E-state index is 0.00626. The highest BCUT2D eigenvalue weighted by atomic mass is 32.1. The number of carbonyl (C=O) groups is 1. The summed E-state index contributed by atoms with van der Waals surface area (Å²) in [5, 5.41) is 12.8. The number of hydrogen-bond acceptors (Lipinski definition) is 4. The van der Waals surface area contributed by atoms with Gasteiger partial charge in [0.05, 0.1) is 18.8 Å². The maximum Gasteiger partial charge on any atom is 0.321 e. The molecule has 0 fully saturated rings. The van der Waals surface area contributed by atoms with E-state index in [1.54, 1.807) is 6.20 Å². The third kappa shape index (κ3) is 3.56. The van der Waals surface area contributed by atoms with Crippen molar-refractivity contribution >= 4 is 22.5 Å². The minimum atomic E-state index is -0.219. The van der Waals surface area contributed by atoms with Gasteiger partial charge in [0.2, 0.25) is 0 Å². The van der Waals surface area contributed by atoms with Crippen LogP contribution >= 0.6 is 11.3 Å². The minimum Gasteiger partial charge on any atom is -0.331 e. The molecular formula is C18H19N5OS. The van der Waals surface area contributed by atoms with Crippen LogP contribution in [-0.4, -0.2) is 20.8 Å². The molecule has 0 aliphatic heterocycles. The molecule has 1 aliphatic carbocycles. The van der Waals surface area contributed by atoms with Crippen LogP contribution in [0, 0.1) is 0 Å². The molecule has 2 amide bonds. The second kappa shape index (κ2) is 7.06. The molecular weight excluding hydrogens is 334 g/mol. The Bertz CT molecular complexity index is 844. The van der Waals surface area contributed by atoms with Crippen molar-refractivity contribution in [2.45, 2.75) is 31.8 Å². The molecule has 0 saturated heterocycles. The summed E-state index contributed by atoms with van der Waals surface area (Å²) in [6, 6.07) is 10.1. The van der Waals surface area contributed by atoms with Gasteiger partial charge in [-0.1, -0.05) is 30.3 Å². The monoisotopic (exact) mass is 353 g/mol. The van der Waals surface area contributed by atoms with Crippen LogP contribution in [0.4, 0.5) is 9.93 Å². The zero-order chi connectivity index (χ0) is 17.1. The molecule has 0 saturated carbocycles. The van der Waals surface area contributed by atoms with E-state index in [4.69, 9.17) is 0 Å². The van der Waals surface area contributed by atoms with Crippen LogP contribution in [0.5, 0.6) is 0 Å². The summed E-state index contributed by atoms with van der Waals surface area (Å²) >= 11 is 1.40. The number of thiazole rings is 1. The lowest BCUT2D eigenvalue weighted by Gasteiger charge is -2.24. The van der Waals surface area contributed by atoms with Crippen molar-refractivity contribution in [1.82, 2.24) is 20.1 Å². The fraction of sp³-hybridized carbons (Fsp3) is 0.278. The normalized spacial score (nSPS) is 16.2. The maximum absolute atomic E-state index is 12.2. The van der Waals surface area contributed by atoms with E-state index in [9.17, 15) is 4.79 Å². The van der Waals surface area contributed by atoms with Gasteiger partial charge in [0, 0.05) is 22.8 Å². The van der Waals surface area contributed by atoms with Crippen LogP contribution < -0.4 is 10.6 Å². The standard InChI is InChI=1S/C18H19N5OS/c24-17(22-18-19-9-10-25-18)21-15-7-4-8-16-14(15)11-20-23(16)12-13-5-2-1-3-6-13/h1-3,5-6,9-11,15H,4,7-8,12H2,(H2,19,21,22,24). The molecule has 2 N–H and O–H groups in total. The number of aromatic nitrogens is 3. The lowest BCUT2D eigenvalue weighted by molar-refractivity contribution is 0.247. The van der Waals surface area contributed by atoms with E-state index < -0.39 is 0 Å². The molecule has 2 heterocycles. The Kier molecular flexibility index (Phi) is 4.47. The Morgan fingerprint density at radius 2 is 2.20 bits per heavy atom. The second-order valence-corrected chi connectivity index (χ2v) is 6.96. The molecule has 0 spiro atoms. The van der Waals surface area contributed by atoms with E-state index in [1.807, 2.05) is 29.8 Å². The Balaban J connectivity index is 1.48. The van der Waals surface area contributed by atoms with Gasteiger partial charge in [0.25, 0.3) is 0 Å². The lowest BCUT2D eigenvalue weighted by Crippen LogP contribution is -2.34. The first kappa shape index (κ1) is 15.8. The van der Waals surface area contributed by atoms with Crippen LogP contribution in [0.1, 0.15) is 35.7 Å². The molecule has 4 rings (SSSR count). The summed E-state index contributed by atoms with van der Waals surface area (Å²) in [7, 11) is 0. The molecule has 1 aromatic carbocycles. The topological polar surface area (TPSA) is 71.8 Å². The zero-order valence-corrected chi connectivity index (χ0v) is 14.5. The first-order valence-corrected chi connectivity index (χ1v) is 9.23. The molecule has 25 heavy (non-hydrogen) atoms. The third-order valence-electron chi connectivity index (χ3n) is 4.40. The average Bonchev–Trinajstić information content (AvgIpc) is 3.27. The Morgan fingerprint density at radius 3 is 3.00 bits per heavy atom. The molecule has 1 unspecified atom stereocenters. The smallest absolute Gasteiger partial charge is 0.321 e. The Morgan fingerprint density at radius 1 is 1.32 bits per heavy atom. The van der Waals surface area contributed by atoms with Gasteiger partial charge < -0.3 is 5.32 Å². The highest BCUT2D eigenvalue weighted by Crippen LogP contribution is 2.30. The predicted octanol–water partition coefficient (Wildman–Crippen LogP) is 3.59. The van der Waals surface area contributed by atoms with Gasteiger partial charge in [0.15, 0.2) is 5.13 Å². The number of nitrogens with zero attached hydrogens (tertiary/aromatic N) is 3. The van der Waals surface area contributed by atoms with E-state index in [-0.39, 0.29) is 12.1 Å². The number of benzene rings is 1. The van der Waals surface area contributed by atoms with E-state index in [1.165, 1.54) is 22.6 Å². The van der Waals surface area contributed by atoms with Crippen molar-refractivity contribution in [3.05, 3.63) is 64.9 Å². The fourth-order valence-corrected chi connectivity index (χ4v) is 3.76. The summed E-state index contributed by atoms with van der Waals surface area (Å²) in [4.78, 5) is 16.3. The molecule has 2 aromatic heterocycles. The molecule has 1 atom stereocenters. The quantitative estimate of drug-likeness (QED) is 0.753. The Hall–Kier alpha value is -2.67. The van der Waals surface area contributed by atoms with Crippen LogP contribution in [0.25, 0.3) is 0 Å². The third-order valence-corrected chi connectivity index (χ3v) is 5.08. The predicted molar refractivity (Wildman–Crippen MR) is 97.7 cm³/mol. The number of urea groups is 1. The highest BCUT2D eigenvalue weighted by molar-refractivity contribution is 7.13. The number of anilines is 1. The Labute approximate surface area is 149 Å². The highest BCUT2D eigenvalue weighted by Gasteiger charge is 2.25. The largest absolute Gasteiger partial charge is 0.331 e. The summed E-state index contributed by atoms with van der Waals surface area (Å²) in [5.41, 5.74) is 3.57. The van der Waals surface area contributed by atoms with Gasteiger partial charge in [-0.2, -0.15) is 5.10 Å². The van der Waals surface area contributed by atoms with Crippen molar-refractivity contribution in [2.75, 3.05) is 5.32 Å². The van der Waals surface area contributed by atoms with Crippen molar-refractivity contribution in [2.24, 2.45) is 0 Å². The number of nitrogens with one attached hydrogen (secondary N) is 2. The maximum atomic E-state index is 12.2. The van der Waals surface area contributed by atoms with Gasteiger partial charge in [0.1, 0.15) is 0 Å². The van der Waals surface area contributed by atoms with Crippen LogP contribution in [0.3, 0.4) is 0 Å². The van der Waals surface area contributed by atoms with E-state index in [2.05, 4.69) is 37.5 Å². The van der Waals surface area contributed by atoms with E-state index >= 15 is 0 Å². The SMILES string of the molecule is O=C(Nc1nccs1)NC1CCCc2c1cnn2Cc1ccccc1. The number of carbonyl (C=O) groups excluding carboxylic acids is 1. The molecule has 7 heteroatoms. The first-order valence-electron chi connectivity index (χ1n) is 8.35. The van der Waals surface area contributed by atoms with Crippen LogP contribution in [0.15, 0.2) is 48.1 Å². The zero-order valence-electron chi connectivity index (χ0n) is 13.7. The number of fused-ring (bicyclic) bond motifs is 1. The number of rotatable bonds is 4. The molecule has 128 valence electrons. The van der Waals surface area contributed by atoms with Crippen molar-refractivity contribution in [1.29, 1.82) is 0 Å². The molecule has 3 aromatic rings. The van der Waals surface area contributed by atoms with E-state index in [0.29, 0.717) is 5.13 Å². The van der Waals surface area contributed by atoms with Gasteiger partial charge in [-0.25, -0.2) is 9.78 Å². The van der Waals surface area contributed by atoms with E-state index in [0.717, 1.165) is 31.4 Å². The van der Waals surface area contributed by atoms with Crippen LogP contribution in [-0.2, 0) is 13.0 Å². The van der Waals surface area contributed by atoms with Gasteiger partial charge >= 0.3 is 6.03 Å². The van der Waals surface area contributed by atoms with Crippen LogP contribution in [0.2, 0.25) is 0 Å². The van der Waals surface area contributed by atoms with Gasteiger partial charge in [-0.3, -0.25) is 10.00 Å². The summed E-state index contributed by atoms with van der Waals surface area (Å²) in [6.45, 7) is 0.758. The number of hydrogen-bond donors (Lipinski definition) is 2.